The van der Waals surface area contributed by atoms with Gasteiger partial charge in [0.1, 0.15) is 30.1 Å². The van der Waals surface area contributed by atoms with Crippen molar-refractivity contribution in [2.75, 3.05) is 44.2 Å². The third-order valence-electron chi connectivity index (χ3n) is 4.42. The Morgan fingerprint density at radius 1 is 1.00 bits per heavy atom. The van der Waals surface area contributed by atoms with Crippen LogP contribution >= 0.6 is 0 Å². The van der Waals surface area contributed by atoms with Crippen molar-refractivity contribution in [3.8, 4) is 5.75 Å². The van der Waals surface area contributed by atoms with Crippen molar-refractivity contribution < 1.29 is 4.74 Å². The van der Waals surface area contributed by atoms with E-state index in [1.807, 2.05) is 42.6 Å². The number of anilines is 1. The third-order valence-corrected chi connectivity index (χ3v) is 4.42. The maximum absolute atomic E-state index is 5.79. The first kappa shape index (κ1) is 15.0. The molecule has 0 amide bonds. The molecule has 3 heterocycles. The molecule has 1 N–H and O–H groups in total. The first-order valence-corrected chi connectivity index (χ1v) is 8.33. The molecule has 0 aliphatic carbocycles. The van der Waals surface area contributed by atoms with Crippen LogP contribution in [0.25, 0.3) is 11.0 Å². The maximum Gasteiger partial charge on any atom is 0.142 e. The summed E-state index contributed by atoms with van der Waals surface area (Å²) in [5.41, 5.74) is 0.902. The van der Waals surface area contributed by atoms with Crippen LogP contribution < -0.4 is 9.64 Å². The molecule has 0 radical (unpaired) electrons. The molecule has 1 aliphatic rings. The Balaban J connectivity index is 1.30. The Morgan fingerprint density at radius 3 is 2.67 bits per heavy atom. The molecular weight excluding hydrogens is 302 g/mol. The lowest BCUT2D eigenvalue weighted by atomic mass is 10.2. The Bertz CT molecular complexity index is 780. The molecule has 1 fully saturated rings. The molecule has 0 spiro atoms. The van der Waals surface area contributed by atoms with E-state index in [9.17, 15) is 0 Å². The monoisotopic (exact) mass is 323 g/mol. The summed E-state index contributed by atoms with van der Waals surface area (Å²) in [6.45, 7) is 5.67. The fourth-order valence-electron chi connectivity index (χ4n) is 3.10. The van der Waals surface area contributed by atoms with Gasteiger partial charge in [-0.05, 0) is 18.2 Å². The molecule has 124 valence electrons. The van der Waals surface area contributed by atoms with E-state index in [1.54, 1.807) is 6.33 Å². The van der Waals surface area contributed by atoms with Crippen LogP contribution in [-0.4, -0.2) is 59.2 Å². The molecule has 24 heavy (non-hydrogen) atoms. The van der Waals surface area contributed by atoms with Gasteiger partial charge in [-0.3, -0.25) is 4.90 Å². The molecule has 1 saturated heterocycles. The van der Waals surface area contributed by atoms with Crippen LogP contribution in [0.2, 0.25) is 0 Å². The first-order valence-electron chi connectivity index (χ1n) is 8.33. The third kappa shape index (κ3) is 3.19. The van der Waals surface area contributed by atoms with Crippen molar-refractivity contribution in [3.63, 3.8) is 0 Å². The number of fused-ring (bicyclic) bond motifs is 1. The fourth-order valence-corrected chi connectivity index (χ4v) is 3.10. The predicted octanol–water partition coefficient (Wildman–Crippen LogP) is 2.16. The van der Waals surface area contributed by atoms with Crippen molar-refractivity contribution in [2.24, 2.45) is 0 Å². The highest BCUT2D eigenvalue weighted by Gasteiger charge is 2.19. The number of benzene rings is 1. The minimum atomic E-state index is 0.722. The zero-order chi connectivity index (χ0) is 16.2. The summed E-state index contributed by atoms with van der Waals surface area (Å²) in [5.74, 6) is 1.97. The molecule has 0 atom stereocenters. The molecule has 1 aromatic carbocycles. The molecule has 0 unspecified atom stereocenters. The molecular formula is C18H21N5O. The number of aromatic amines is 1. The van der Waals surface area contributed by atoms with E-state index in [0.717, 1.165) is 61.9 Å². The number of hydrogen-bond acceptors (Lipinski definition) is 5. The van der Waals surface area contributed by atoms with Gasteiger partial charge in [-0.2, -0.15) is 0 Å². The number of nitrogens with zero attached hydrogens (tertiary/aromatic N) is 4. The van der Waals surface area contributed by atoms with E-state index in [-0.39, 0.29) is 0 Å². The number of H-pyrrole nitrogens is 1. The lowest BCUT2D eigenvalue weighted by molar-refractivity contribution is 0.200. The van der Waals surface area contributed by atoms with Gasteiger partial charge in [-0.15, -0.1) is 0 Å². The number of aromatic nitrogens is 3. The molecule has 3 aromatic rings. The average molecular weight is 323 g/mol. The van der Waals surface area contributed by atoms with Gasteiger partial charge in [-0.1, -0.05) is 18.2 Å². The zero-order valence-corrected chi connectivity index (χ0v) is 13.6. The number of rotatable bonds is 5. The number of hydrogen-bond donors (Lipinski definition) is 1. The summed E-state index contributed by atoms with van der Waals surface area (Å²) >= 11 is 0. The van der Waals surface area contributed by atoms with Gasteiger partial charge in [0.05, 0.1) is 5.39 Å². The van der Waals surface area contributed by atoms with Gasteiger partial charge in [0, 0.05) is 38.9 Å². The second-order valence-corrected chi connectivity index (χ2v) is 5.93. The van der Waals surface area contributed by atoms with Crippen molar-refractivity contribution in [1.29, 1.82) is 0 Å². The summed E-state index contributed by atoms with van der Waals surface area (Å²) in [6.07, 6.45) is 3.55. The van der Waals surface area contributed by atoms with Gasteiger partial charge >= 0.3 is 0 Å². The number of piperazine rings is 1. The van der Waals surface area contributed by atoms with Crippen LogP contribution in [0.4, 0.5) is 5.82 Å². The molecule has 0 saturated carbocycles. The van der Waals surface area contributed by atoms with Crippen LogP contribution in [0.5, 0.6) is 5.75 Å². The SMILES string of the molecule is c1ccc(OCCN2CCN(c3ncnc4[nH]ccc34)CC2)cc1. The van der Waals surface area contributed by atoms with E-state index in [1.165, 1.54) is 0 Å². The van der Waals surface area contributed by atoms with Crippen molar-refractivity contribution in [2.45, 2.75) is 0 Å². The Labute approximate surface area is 141 Å². The normalized spacial score (nSPS) is 15.8. The van der Waals surface area contributed by atoms with E-state index < -0.39 is 0 Å². The van der Waals surface area contributed by atoms with Gasteiger partial charge in [0.2, 0.25) is 0 Å². The van der Waals surface area contributed by atoms with Crippen molar-refractivity contribution in [3.05, 3.63) is 48.9 Å². The van der Waals surface area contributed by atoms with E-state index in [2.05, 4.69) is 24.8 Å². The minimum Gasteiger partial charge on any atom is -0.492 e. The highest BCUT2D eigenvalue weighted by atomic mass is 16.5. The van der Waals surface area contributed by atoms with Crippen LogP contribution in [0, 0.1) is 0 Å². The topological polar surface area (TPSA) is 57.3 Å². The highest BCUT2D eigenvalue weighted by Crippen LogP contribution is 2.22. The second kappa shape index (κ2) is 6.88. The van der Waals surface area contributed by atoms with E-state index in [0.29, 0.717) is 0 Å². The largest absolute Gasteiger partial charge is 0.492 e. The Morgan fingerprint density at radius 2 is 1.83 bits per heavy atom. The first-order chi connectivity index (χ1) is 11.9. The van der Waals surface area contributed by atoms with Crippen LogP contribution in [0.15, 0.2) is 48.9 Å². The number of para-hydroxylation sites is 1. The van der Waals surface area contributed by atoms with Crippen molar-refractivity contribution >= 4 is 16.9 Å². The Kier molecular flexibility index (Phi) is 4.29. The summed E-state index contributed by atoms with van der Waals surface area (Å²) in [7, 11) is 0. The van der Waals surface area contributed by atoms with Gasteiger partial charge in [0.25, 0.3) is 0 Å². The molecule has 0 bridgehead atoms. The molecule has 6 nitrogen and oxygen atoms in total. The van der Waals surface area contributed by atoms with Crippen molar-refractivity contribution in [1.82, 2.24) is 19.9 Å². The standard InChI is InChI=1S/C18H21N5O/c1-2-4-15(5-3-1)24-13-12-22-8-10-23(11-9-22)18-16-6-7-19-17(16)20-14-21-18/h1-7,14H,8-13H2,(H,19,20,21). The molecule has 6 heteroatoms. The van der Waals surface area contributed by atoms with Crippen LogP contribution in [0.3, 0.4) is 0 Å². The molecule has 1 aliphatic heterocycles. The lowest BCUT2D eigenvalue weighted by Gasteiger charge is -2.35. The van der Waals surface area contributed by atoms with Gasteiger partial charge in [0.15, 0.2) is 0 Å². The minimum absolute atomic E-state index is 0.722. The Hall–Kier alpha value is -2.60. The predicted molar refractivity (Wildman–Crippen MR) is 94.5 cm³/mol. The quantitative estimate of drug-likeness (QED) is 0.780. The fraction of sp³-hybridized carbons (Fsp3) is 0.333. The molecule has 4 rings (SSSR count). The summed E-state index contributed by atoms with van der Waals surface area (Å²) < 4.78 is 5.79. The number of ether oxygens (including phenoxy) is 1. The summed E-state index contributed by atoms with van der Waals surface area (Å²) in [4.78, 5) is 16.7. The maximum atomic E-state index is 5.79. The summed E-state index contributed by atoms with van der Waals surface area (Å²) in [6, 6.07) is 12.0. The van der Waals surface area contributed by atoms with Crippen LogP contribution in [-0.2, 0) is 0 Å². The lowest BCUT2D eigenvalue weighted by Crippen LogP contribution is -2.47. The van der Waals surface area contributed by atoms with Gasteiger partial charge in [-0.25, -0.2) is 9.97 Å². The summed E-state index contributed by atoms with van der Waals surface area (Å²) in [5, 5.41) is 1.10. The highest BCUT2D eigenvalue weighted by molar-refractivity contribution is 5.87. The smallest absolute Gasteiger partial charge is 0.142 e. The second-order valence-electron chi connectivity index (χ2n) is 5.93. The zero-order valence-electron chi connectivity index (χ0n) is 13.6. The van der Waals surface area contributed by atoms with E-state index in [4.69, 9.17) is 4.74 Å². The number of nitrogens with one attached hydrogen (secondary N) is 1. The molecule has 2 aromatic heterocycles. The van der Waals surface area contributed by atoms with E-state index >= 15 is 0 Å². The van der Waals surface area contributed by atoms with Crippen LogP contribution in [0.1, 0.15) is 0 Å². The average Bonchev–Trinajstić information content (AvgIpc) is 3.12. The van der Waals surface area contributed by atoms with Gasteiger partial charge < -0.3 is 14.6 Å².